The minimum atomic E-state index is -3.54. The molecule has 1 aliphatic heterocycles. The molecule has 2 atom stereocenters. The summed E-state index contributed by atoms with van der Waals surface area (Å²) in [5, 5.41) is 0. The van der Waals surface area contributed by atoms with Gasteiger partial charge in [-0.1, -0.05) is 67.6 Å². The van der Waals surface area contributed by atoms with Gasteiger partial charge in [0.05, 0.1) is 0 Å². The maximum absolute atomic E-state index is 13.1. The lowest BCUT2D eigenvalue weighted by Crippen LogP contribution is -2.43. The third kappa shape index (κ3) is 4.45. The molecule has 1 aliphatic rings. The second-order valence-electron chi connectivity index (χ2n) is 6.42. The standard InChI is InChI=1S/C19H25N3O2S.ClH/c1-2-21(13-16-9-5-3-6-10-16)25(23,24)22-14-18(19(20)15-22)17-11-7-4-8-12-17;/h3-12,18-19H,2,13-15,20H2,1H3;1H/t18-,19+;/m0./s1. The molecular weight excluding hydrogens is 370 g/mol. The van der Waals surface area contributed by atoms with Crippen molar-refractivity contribution in [3.8, 4) is 0 Å². The van der Waals surface area contributed by atoms with E-state index in [-0.39, 0.29) is 24.4 Å². The van der Waals surface area contributed by atoms with Gasteiger partial charge in [0, 0.05) is 38.1 Å². The number of nitrogens with zero attached hydrogens (tertiary/aromatic N) is 2. The van der Waals surface area contributed by atoms with Crippen molar-refractivity contribution in [2.45, 2.75) is 25.4 Å². The van der Waals surface area contributed by atoms with Gasteiger partial charge in [-0.3, -0.25) is 0 Å². The van der Waals surface area contributed by atoms with E-state index in [0.717, 1.165) is 11.1 Å². The zero-order valence-corrected chi connectivity index (χ0v) is 16.5. The molecule has 1 fully saturated rings. The molecule has 0 amide bonds. The van der Waals surface area contributed by atoms with E-state index in [1.165, 1.54) is 8.61 Å². The van der Waals surface area contributed by atoms with Crippen LogP contribution >= 0.6 is 12.4 Å². The Morgan fingerprint density at radius 1 is 1.04 bits per heavy atom. The molecule has 0 aromatic heterocycles. The van der Waals surface area contributed by atoms with Crippen molar-refractivity contribution in [2.24, 2.45) is 5.73 Å². The Hall–Kier alpha value is -1.44. The summed E-state index contributed by atoms with van der Waals surface area (Å²) in [6, 6.07) is 19.4. The molecule has 2 N–H and O–H groups in total. The van der Waals surface area contributed by atoms with Crippen LogP contribution in [-0.4, -0.2) is 42.7 Å². The quantitative estimate of drug-likeness (QED) is 0.817. The minimum absolute atomic E-state index is 0. The highest BCUT2D eigenvalue weighted by molar-refractivity contribution is 7.86. The first kappa shape index (κ1) is 20.9. The Bertz CT molecular complexity index is 787. The van der Waals surface area contributed by atoms with Gasteiger partial charge in [-0.25, -0.2) is 0 Å². The first-order valence-corrected chi connectivity index (χ1v) is 10.0. The molecule has 0 saturated carbocycles. The maximum atomic E-state index is 13.1. The summed E-state index contributed by atoms with van der Waals surface area (Å²) in [5.41, 5.74) is 8.35. The van der Waals surface area contributed by atoms with Gasteiger partial charge in [0.2, 0.25) is 0 Å². The monoisotopic (exact) mass is 395 g/mol. The summed E-state index contributed by atoms with van der Waals surface area (Å²) in [7, 11) is -3.54. The molecule has 2 aromatic carbocycles. The number of benzene rings is 2. The van der Waals surface area contributed by atoms with Crippen molar-refractivity contribution in [2.75, 3.05) is 19.6 Å². The molecule has 142 valence electrons. The fraction of sp³-hybridized carbons (Fsp3) is 0.368. The smallest absolute Gasteiger partial charge is 0.282 e. The SMILES string of the molecule is CCN(Cc1ccccc1)S(=O)(=O)N1C[C@@H](N)[C@H](c2ccccc2)C1.Cl. The molecule has 0 spiro atoms. The Kier molecular flexibility index (Phi) is 7.20. The van der Waals surface area contributed by atoms with Gasteiger partial charge in [0.15, 0.2) is 0 Å². The summed E-state index contributed by atoms with van der Waals surface area (Å²) in [5.74, 6) is 0.0337. The Labute approximate surface area is 162 Å². The van der Waals surface area contributed by atoms with Crippen molar-refractivity contribution in [1.29, 1.82) is 0 Å². The van der Waals surface area contributed by atoms with Gasteiger partial charge in [0.1, 0.15) is 0 Å². The molecule has 0 unspecified atom stereocenters. The van der Waals surface area contributed by atoms with Crippen molar-refractivity contribution in [1.82, 2.24) is 8.61 Å². The third-order valence-electron chi connectivity index (χ3n) is 4.77. The summed E-state index contributed by atoms with van der Waals surface area (Å²) < 4.78 is 29.2. The zero-order valence-electron chi connectivity index (χ0n) is 14.9. The molecule has 7 heteroatoms. The fourth-order valence-electron chi connectivity index (χ4n) is 3.34. The van der Waals surface area contributed by atoms with Crippen LogP contribution < -0.4 is 5.73 Å². The van der Waals surface area contributed by atoms with Crippen LogP contribution in [0.25, 0.3) is 0 Å². The number of hydrogen-bond donors (Lipinski definition) is 1. The second kappa shape index (κ2) is 8.97. The average molecular weight is 396 g/mol. The van der Waals surface area contributed by atoms with Crippen LogP contribution in [0.5, 0.6) is 0 Å². The van der Waals surface area contributed by atoms with Gasteiger partial charge < -0.3 is 5.73 Å². The molecule has 1 heterocycles. The van der Waals surface area contributed by atoms with E-state index >= 15 is 0 Å². The lowest BCUT2D eigenvalue weighted by Gasteiger charge is -2.26. The van der Waals surface area contributed by atoms with Crippen LogP contribution in [0.4, 0.5) is 0 Å². The van der Waals surface area contributed by atoms with E-state index in [0.29, 0.717) is 26.2 Å². The van der Waals surface area contributed by atoms with Crippen molar-refractivity contribution in [3.63, 3.8) is 0 Å². The molecular formula is C19H26ClN3O2S. The molecule has 1 saturated heterocycles. The topological polar surface area (TPSA) is 66.6 Å². The number of rotatable bonds is 6. The van der Waals surface area contributed by atoms with Crippen LogP contribution in [-0.2, 0) is 16.8 Å². The number of hydrogen-bond acceptors (Lipinski definition) is 3. The van der Waals surface area contributed by atoms with E-state index in [9.17, 15) is 8.42 Å². The molecule has 26 heavy (non-hydrogen) atoms. The highest BCUT2D eigenvalue weighted by Crippen LogP contribution is 2.29. The molecule has 0 radical (unpaired) electrons. The molecule has 5 nitrogen and oxygen atoms in total. The van der Waals surface area contributed by atoms with Crippen LogP contribution in [0.15, 0.2) is 60.7 Å². The fourth-order valence-corrected chi connectivity index (χ4v) is 5.01. The number of nitrogens with two attached hydrogens (primary N) is 1. The third-order valence-corrected chi connectivity index (χ3v) is 6.76. The first-order valence-electron chi connectivity index (χ1n) is 8.62. The molecule has 2 aromatic rings. The number of halogens is 1. The predicted molar refractivity (Wildman–Crippen MR) is 107 cm³/mol. The van der Waals surface area contributed by atoms with Crippen LogP contribution in [0.3, 0.4) is 0 Å². The predicted octanol–water partition coefficient (Wildman–Crippen LogP) is 2.60. The van der Waals surface area contributed by atoms with Crippen molar-refractivity contribution in [3.05, 3.63) is 71.8 Å². The van der Waals surface area contributed by atoms with E-state index < -0.39 is 10.2 Å². The Morgan fingerprint density at radius 3 is 2.19 bits per heavy atom. The van der Waals surface area contributed by atoms with Crippen LogP contribution in [0.1, 0.15) is 24.0 Å². The summed E-state index contributed by atoms with van der Waals surface area (Å²) in [6.07, 6.45) is 0. The lowest BCUT2D eigenvalue weighted by molar-refractivity contribution is 0.363. The van der Waals surface area contributed by atoms with E-state index in [4.69, 9.17) is 5.73 Å². The lowest BCUT2D eigenvalue weighted by atomic mass is 9.95. The Balaban J connectivity index is 0.00000243. The average Bonchev–Trinajstić information content (AvgIpc) is 3.04. The Morgan fingerprint density at radius 2 is 1.62 bits per heavy atom. The first-order chi connectivity index (χ1) is 12.0. The van der Waals surface area contributed by atoms with Gasteiger partial charge in [-0.05, 0) is 11.1 Å². The summed E-state index contributed by atoms with van der Waals surface area (Å²) in [6.45, 7) is 3.46. The van der Waals surface area contributed by atoms with Gasteiger partial charge in [-0.2, -0.15) is 17.0 Å². The van der Waals surface area contributed by atoms with Crippen molar-refractivity contribution >= 4 is 22.6 Å². The highest BCUT2D eigenvalue weighted by Gasteiger charge is 2.39. The summed E-state index contributed by atoms with van der Waals surface area (Å²) in [4.78, 5) is 0. The molecule has 0 bridgehead atoms. The van der Waals surface area contributed by atoms with Gasteiger partial charge in [-0.15, -0.1) is 12.4 Å². The maximum Gasteiger partial charge on any atom is 0.282 e. The second-order valence-corrected chi connectivity index (χ2v) is 8.35. The van der Waals surface area contributed by atoms with Crippen LogP contribution in [0.2, 0.25) is 0 Å². The normalized spacial score (nSPS) is 20.9. The molecule has 3 rings (SSSR count). The highest BCUT2D eigenvalue weighted by atomic mass is 35.5. The van der Waals surface area contributed by atoms with Crippen molar-refractivity contribution < 1.29 is 8.42 Å². The van der Waals surface area contributed by atoms with Gasteiger partial charge >= 0.3 is 0 Å². The largest absolute Gasteiger partial charge is 0.326 e. The van der Waals surface area contributed by atoms with E-state index in [2.05, 4.69) is 0 Å². The van der Waals surface area contributed by atoms with E-state index in [1.807, 2.05) is 67.6 Å². The van der Waals surface area contributed by atoms with Crippen LogP contribution in [0, 0.1) is 0 Å². The zero-order chi connectivity index (χ0) is 17.9. The molecule has 0 aliphatic carbocycles. The van der Waals surface area contributed by atoms with E-state index in [1.54, 1.807) is 0 Å². The summed E-state index contributed by atoms with van der Waals surface area (Å²) >= 11 is 0. The van der Waals surface area contributed by atoms with Gasteiger partial charge in [0.25, 0.3) is 10.2 Å². The minimum Gasteiger partial charge on any atom is -0.326 e.